The van der Waals surface area contributed by atoms with Gasteiger partial charge in [0, 0.05) is 5.56 Å². The number of alkyl halides is 3. The number of nitrogens with two attached hydrogens (primary N) is 2. The molecule has 0 saturated carbocycles. The molecule has 2 rings (SSSR count). The minimum absolute atomic E-state index is 0.00883. The van der Waals surface area contributed by atoms with Gasteiger partial charge < -0.3 is 15.9 Å². The molecule has 0 radical (unpaired) electrons. The highest BCUT2D eigenvalue weighted by Crippen LogP contribution is 2.29. The number of benzene rings is 2. The smallest absolute Gasteiger partial charge is 0.416 e. The number of hydrogen-bond acceptors (Lipinski definition) is 6. The average molecular weight is 376 g/mol. The maximum absolute atomic E-state index is 12.6. The Balaban J connectivity index is 2.11. The Morgan fingerprint density at radius 3 is 2.41 bits per heavy atom. The van der Waals surface area contributed by atoms with E-state index in [0.717, 1.165) is 12.1 Å². The first-order valence-electron chi connectivity index (χ1n) is 7.56. The second-order valence-electron chi connectivity index (χ2n) is 5.39. The lowest BCUT2D eigenvalue weighted by Crippen LogP contribution is -2.27. The van der Waals surface area contributed by atoms with E-state index >= 15 is 0 Å². The third kappa shape index (κ3) is 4.99. The van der Waals surface area contributed by atoms with Gasteiger partial charge in [0.05, 0.1) is 5.56 Å². The number of halogens is 3. The number of ketones is 1. The summed E-state index contributed by atoms with van der Waals surface area (Å²) in [5.41, 5.74) is 6.98. The van der Waals surface area contributed by atoms with Crippen LogP contribution in [0.2, 0.25) is 0 Å². The van der Waals surface area contributed by atoms with Crippen LogP contribution in [0.4, 0.5) is 13.2 Å². The first kappa shape index (κ1) is 19.8. The Bertz CT molecular complexity index is 900. The molecule has 2 aromatic rings. The fourth-order valence-corrected chi connectivity index (χ4v) is 2.12. The van der Waals surface area contributed by atoms with Crippen molar-refractivity contribution in [2.24, 2.45) is 11.6 Å². The van der Waals surface area contributed by atoms with Gasteiger partial charge in [-0.2, -0.15) is 18.4 Å². The summed E-state index contributed by atoms with van der Waals surface area (Å²) < 4.78 is 43.2. The first-order chi connectivity index (χ1) is 12.8. The van der Waals surface area contributed by atoms with E-state index in [4.69, 9.17) is 21.6 Å². The minimum Gasteiger partial charge on any atom is -0.489 e. The van der Waals surface area contributed by atoms with Gasteiger partial charge in [0.1, 0.15) is 24.1 Å². The zero-order chi connectivity index (χ0) is 20.0. The number of carbonyl (C=O) groups is 1. The summed E-state index contributed by atoms with van der Waals surface area (Å²) in [6.45, 7) is 0.00883. The number of hydrogen-bond donors (Lipinski definition) is 3. The molecular formula is C18H15F3N4O2. The van der Waals surface area contributed by atoms with Crippen molar-refractivity contribution >= 4 is 5.78 Å². The number of carbonyl (C=O) groups excluding carboxylic acids is 1. The minimum atomic E-state index is -4.40. The number of nitrogens with zero attached hydrogens (tertiary/aromatic N) is 1. The van der Waals surface area contributed by atoms with Crippen molar-refractivity contribution in [2.75, 3.05) is 0 Å². The lowest BCUT2D eigenvalue weighted by atomic mass is 10.1. The molecule has 0 fully saturated rings. The number of hydrazine groups is 1. The summed E-state index contributed by atoms with van der Waals surface area (Å²) in [5.74, 6) is 4.81. The summed E-state index contributed by atoms with van der Waals surface area (Å²) in [5, 5.41) is 8.85. The van der Waals surface area contributed by atoms with Crippen molar-refractivity contribution in [1.82, 2.24) is 5.43 Å². The van der Waals surface area contributed by atoms with E-state index in [1.807, 2.05) is 5.43 Å². The number of ether oxygens (including phenoxy) is 1. The Morgan fingerprint density at radius 1 is 1.19 bits per heavy atom. The maximum Gasteiger partial charge on any atom is 0.416 e. The molecule has 0 aliphatic heterocycles. The molecule has 0 aromatic heterocycles. The average Bonchev–Trinajstić information content (AvgIpc) is 2.66. The van der Waals surface area contributed by atoms with Gasteiger partial charge in [0.15, 0.2) is 5.70 Å². The molecule has 0 aliphatic carbocycles. The molecule has 0 amide bonds. The number of allylic oxidation sites excluding steroid dienone is 2. The van der Waals surface area contributed by atoms with Crippen molar-refractivity contribution in [1.29, 1.82) is 5.26 Å². The molecule has 6 nitrogen and oxygen atoms in total. The van der Waals surface area contributed by atoms with Crippen LogP contribution < -0.4 is 21.7 Å². The second-order valence-corrected chi connectivity index (χ2v) is 5.39. The Morgan fingerprint density at radius 2 is 1.85 bits per heavy atom. The van der Waals surface area contributed by atoms with E-state index in [0.29, 0.717) is 11.3 Å². The summed E-state index contributed by atoms with van der Waals surface area (Å²) in [7, 11) is 0. The molecule has 0 unspecified atom stereocenters. The highest BCUT2D eigenvalue weighted by Gasteiger charge is 2.29. The van der Waals surface area contributed by atoms with Gasteiger partial charge >= 0.3 is 6.18 Å². The van der Waals surface area contributed by atoms with Gasteiger partial charge in [-0.15, -0.1) is 0 Å². The van der Waals surface area contributed by atoms with Gasteiger partial charge in [-0.25, -0.2) is 5.84 Å². The van der Waals surface area contributed by atoms with Crippen LogP contribution in [0, 0.1) is 11.3 Å². The highest BCUT2D eigenvalue weighted by atomic mass is 19.4. The Labute approximate surface area is 152 Å². The van der Waals surface area contributed by atoms with E-state index in [1.165, 1.54) is 24.3 Å². The van der Waals surface area contributed by atoms with E-state index in [2.05, 4.69) is 0 Å². The molecule has 27 heavy (non-hydrogen) atoms. The zero-order valence-corrected chi connectivity index (χ0v) is 13.9. The molecule has 0 aliphatic rings. The Hall–Kier alpha value is -3.51. The highest BCUT2D eigenvalue weighted by molar-refractivity contribution is 6.09. The van der Waals surface area contributed by atoms with Crippen molar-refractivity contribution in [3.05, 3.63) is 76.6 Å². The standard InChI is InChI=1S/C18H15F3N4O2/c19-18(20,21)13-6-4-11(5-7-13)10-27-14-3-1-2-12(8-14)17(26)16(23)15(9-22)25-24/h1-8,25H,10,23-24H2/b16-15-. The third-order valence-electron chi connectivity index (χ3n) is 3.55. The molecule has 2 aromatic carbocycles. The van der Waals surface area contributed by atoms with Gasteiger partial charge in [0.2, 0.25) is 5.78 Å². The van der Waals surface area contributed by atoms with Crippen molar-refractivity contribution in [3.8, 4) is 11.8 Å². The molecule has 0 atom stereocenters. The van der Waals surface area contributed by atoms with Crippen molar-refractivity contribution in [2.45, 2.75) is 12.8 Å². The van der Waals surface area contributed by atoms with E-state index < -0.39 is 17.5 Å². The predicted octanol–water partition coefficient (Wildman–Crippen LogP) is 2.62. The summed E-state index contributed by atoms with van der Waals surface area (Å²) >= 11 is 0. The van der Waals surface area contributed by atoms with Crippen molar-refractivity contribution < 1.29 is 22.7 Å². The van der Waals surface area contributed by atoms with Crippen LogP contribution in [0.5, 0.6) is 5.75 Å². The molecule has 0 bridgehead atoms. The van der Waals surface area contributed by atoms with Crippen LogP contribution in [0.1, 0.15) is 21.5 Å². The molecule has 0 spiro atoms. The maximum atomic E-state index is 12.6. The summed E-state index contributed by atoms with van der Waals surface area (Å²) in [6.07, 6.45) is -4.40. The van der Waals surface area contributed by atoms with Gasteiger partial charge in [0.25, 0.3) is 0 Å². The predicted molar refractivity (Wildman–Crippen MR) is 90.7 cm³/mol. The van der Waals surface area contributed by atoms with Gasteiger partial charge in [-0.1, -0.05) is 24.3 Å². The Kier molecular flexibility index (Phi) is 6.05. The number of nitrogens with one attached hydrogen (secondary N) is 1. The van der Waals surface area contributed by atoms with E-state index in [9.17, 15) is 18.0 Å². The fraction of sp³-hybridized carbons (Fsp3) is 0.111. The normalized spacial score (nSPS) is 12.0. The molecule has 5 N–H and O–H groups in total. The van der Waals surface area contributed by atoms with Gasteiger partial charge in [-0.05, 0) is 29.8 Å². The fourth-order valence-electron chi connectivity index (χ4n) is 2.12. The van der Waals surface area contributed by atoms with Crippen molar-refractivity contribution in [3.63, 3.8) is 0 Å². The lowest BCUT2D eigenvalue weighted by molar-refractivity contribution is -0.137. The largest absolute Gasteiger partial charge is 0.489 e. The van der Waals surface area contributed by atoms with Crippen LogP contribution in [0.3, 0.4) is 0 Å². The zero-order valence-electron chi connectivity index (χ0n) is 13.9. The molecule has 0 heterocycles. The number of rotatable bonds is 6. The van der Waals surface area contributed by atoms with E-state index in [-0.39, 0.29) is 23.6 Å². The summed E-state index contributed by atoms with van der Waals surface area (Å²) in [4.78, 5) is 12.3. The van der Waals surface area contributed by atoms with Gasteiger partial charge in [-0.3, -0.25) is 4.79 Å². The number of nitriles is 1. The van der Waals surface area contributed by atoms with Crippen LogP contribution in [-0.2, 0) is 12.8 Å². The first-order valence-corrected chi connectivity index (χ1v) is 7.56. The van der Waals surface area contributed by atoms with Crippen LogP contribution >= 0.6 is 0 Å². The van der Waals surface area contributed by atoms with Crippen LogP contribution in [0.25, 0.3) is 0 Å². The summed E-state index contributed by atoms with van der Waals surface area (Å²) in [6, 6.07) is 12.2. The molecule has 9 heteroatoms. The quantitative estimate of drug-likeness (QED) is 0.235. The molecule has 140 valence electrons. The number of Topliss-reactive ketones (excluding diaryl/α,β-unsaturated/α-hetero) is 1. The molecular weight excluding hydrogens is 361 g/mol. The third-order valence-corrected chi connectivity index (χ3v) is 3.55. The van der Waals surface area contributed by atoms with Crippen LogP contribution in [0.15, 0.2) is 59.9 Å². The lowest BCUT2D eigenvalue weighted by Gasteiger charge is -2.10. The SMILES string of the molecule is N#C/C(NN)=C(/N)C(=O)c1cccc(OCc2ccc(C(F)(F)F)cc2)c1. The van der Waals surface area contributed by atoms with Crippen LogP contribution in [-0.4, -0.2) is 5.78 Å². The second kappa shape index (κ2) is 8.25. The monoisotopic (exact) mass is 376 g/mol. The molecule has 0 saturated heterocycles. The van der Waals surface area contributed by atoms with E-state index in [1.54, 1.807) is 18.2 Å². The topological polar surface area (TPSA) is 114 Å².